The summed E-state index contributed by atoms with van der Waals surface area (Å²) in [6.45, 7) is 2.02. The third-order valence-electron chi connectivity index (χ3n) is 3.82. The molecule has 0 aliphatic heterocycles. The molecule has 0 fully saturated rings. The first kappa shape index (κ1) is 20.6. The zero-order valence-electron chi connectivity index (χ0n) is 14.7. The molecule has 8 heteroatoms. The van der Waals surface area contributed by atoms with Crippen molar-refractivity contribution in [1.29, 1.82) is 0 Å². The van der Waals surface area contributed by atoms with Crippen molar-refractivity contribution in [2.24, 2.45) is 0 Å². The van der Waals surface area contributed by atoms with Gasteiger partial charge in [0.05, 0.1) is 17.0 Å². The van der Waals surface area contributed by atoms with Gasteiger partial charge in [0.1, 0.15) is 6.54 Å². The molecule has 0 atom stereocenters. The summed E-state index contributed by atoms with van der Waals surface area (Å²) in [6, 6.07) is 12.2. The maximum Gasteiger partial charge on any atom is 0.243 e. The molecule has 0 saturated carbocycles. The van der Waals surface area contributed by atoms with Gasteiger partial charge in [-0.3, -0.25) is 9.10 Å². The van der Waals surface area contributed by atoms with Gasteiger partial charge in [-0.25, -0.2) is 8.42 Å². The van der Waals surface area contributed by atoms with Crippen LogP contribution < -0.4 is 4.31 Å². The normalized spacial score (nSPS) is 11.3. The molecule has 0 aliphatic carbocycles. The van der Waals surface area contributed by atoms with Crippen molar-refractivity contribution < 1.29 is 13.2 Å². The minimum Gasteiger partial charge on any atom is -0.340 e. The fourth-order valence-corrected chi connectivity index (χ4v) is 3.79. The van der Waals surface area contributed by atoms with E-state index in [9.17, 15) is 13.2 Å². The lowest BCUT2D eigenvalue weighted by atomic mass is 10.1. The summed E-state index contributed by atoms with van der Waals surface area (Å²) in [4.78, 5) is 14.1. The molecule has 0 spiro atoms. The van der Waals surface area contributed by atoms with E-state index in [1.54, 1.807) is 7.05 Å². The quantitative estimate of drug-likeness (QED) is 0.723. The van der Waals surface area contributed by atoms with Gasteiger partial charge in [0.25, 0.3) is 0 Å². The number of hydrogen-bond donors (Lipinski definition) is 0. The minimum absolute atomic E-state index is 0.164. The number of amides is 1. The highest BCUT2D eigenvalue weighted by Gasteiger charge is 2.24. The second-order valence-corrected chi connectivity index (χ2v) is 8.85. The molecule has 0 aliphatic rings. The smallest absolute Gasteiger partial charge is 0.243 e. The van der Waals surface area contributed by atoms with Crippen LogP contribution in [0.1, 0.15) is 11.1 Å². The number of sulfonamides is 1. The maximum absolute atomic E-state index is 12.6. The van der Waals surface area contributed by atoms with E-state index in [2.05, 4.69) is 0 Å². The molecule has 26 heavy (non-hydrogen) atoms. The van der Waals surface area contributed by atoms with Crippen LogP contribution in [0.3, 0.4) is 0 Å². The predicted molar refractivity (Wildman–Crippen MR) is 106 cm³/mol. The van der Waals surface area contributed by atoms with Crippen LogP contribution in [0, 0.1) is 6.92 Å². The number of carbonyl (C=O) groups excluding carboxylic acids is 1. The molecule has 0 bridgehead atoms. The Hall–Kier alpha value is -1.76. The van der Waals surface area contributed by atoms with Crippen molar-refractivity contribution in [3.8, 4) is 0 Å². The molecule has 2 aromatic rings. The Morgan fingerprint density at radius 2 is 1.69 bits per heavy atom. The van der Waals surface area contributed by atoms with Gasteiger partial charge in [-0.15, -0.1) is 0 Å². The number of carbonyl (C=O) groups is 1. The van der Waals surface area contributed by atoms with E-state index in [4.69, 9.17) is 23.2 Å². The van der Waals surface area contributed by atoms with Crippen LogP contribution in [0.5, 0.6) is 0 Å². The van der Waals surface area contributed by atoms with E-state index in [0.717, 1.165) is 21.7 Å². The van der Waals surface area contributed by atoms with Gasteiger partial charge in [-0.1, -0.05) is 53.0 Å². The van der Waals surface area contributed by atoms with E-state index in [0.29, 0.717) is 11.6 Å². The van der Waals surface area contributed by atoms with Crippen LogP contribution >= 0.6 is 23.2 Å². The number of hydrogen-bond acceptors (Lipinski definition) is 3. The second kappa shape index (κ2) is 8.29. The fourth-order valence-electron chi connectivity index (χ4n) is 2.36. The highest BCUT2D eigenvalue weighted by molar-refractivity contribution is 7.92. The van der Waals surface area contributed by atoms with Crippen molar-refractivity contribution in [3.63, 3.8) is 0 Å². The molecule has 1 amide bonds. The van der Waals surface area contributed by atoms with Crippen LogP contribution in [0.4, 0.5) is 5.69 Å². The first-order chi connectivity index (χ1) is 12.1. The van der Waals surface area contributed by atoms with Crippen LogP contribution in [0.2, 0.25) is 10.0 Å². The van der Waals surface area contributed by atoms with Gasteiger partial charge in [0.15, 0.2) is 0 Å². The molecule has 0 unspecified atom stereocenters. The Balaban J connectivity index is 2.20. The monoisotopic (exact) mass is 414 g/mol. The third-order valence-corrected chi connectivity index (χ3v) is 5.49. The lowest BCUT2D eigenvalue weighted by molar-refractivity contribution is -0.128. The number of aryl methyl sites for hydroxylation is 1. The number of likely N-dealkylation sites (N-methyl/N-ethyl adjacent to an activating group) is 1. The van der Waals surface area contributed by atoms with Crippen LogP contribution in [-0.2, 0) is 21.4 Å². The van der Waals surface area contributed by atoms with Gasteiger partial charge in [0, 0.05) is 18.6 Å². The van der Waals surface area contributed by atoms with Crippen LogP contribution in [-0.4, -0.2) is 39.1 Å². The molecule has 140 valence electrons. The van der Waals surface area contributed by atoms with E-state index in [-0.39, 0.29) is 23.2 Å². The van der Waals surface area contributed by atoms with Crippen molar-refractivity contribution in [1.82, 2.24) is 4.90 Å². The first-order valence-electron chi connectivity index (χ1n) is 7.80. The summed E-state index contributed by atoms with van der Waals surface area (Å²) >= 11 is 12.0. The zero-order chi connectivity index (χ0) is 19.5. The third kappa shape index (κ3) is 5.37. The molecule has 0 aromatic heterocycles. The van der Waals surface area contributed by atoms with Gasteiger partial charge < -0.3 is 4.90 Å². The Morgan fingerprint density at radius 3 is 2.23 bits per heavy atom. The SMILES string of the molecule is Cc1ccc(CN(C)C(=O)CN(c2ccc(Cl)cc2Cl)S(C)(=O)=O)cc1. The van der Waals surface area contributed by atoms with Crippen LogP contribution in [0.15, 0.2) is 42.5 Å². The Morgan fingerprint density at radius 1 is 1.08 bits per heavy atom. The molecule has 0 saturated heterocycles. The lowest BCUT2D eigenvalue weighted by Crippen LogP contribution is -2.41. The number of nitrogens with zero attached hydrogens (tertiary/aromatic N) is 2. The topological polar surface area (TPSA) is 57.7 Å². The number of anilines is 1. The van der Waals surface area contributed by atoms with Gasteiger partial charge in [0.2, 0.25) is 15.9 Å². The van der Waals surface area contributed by atoms with Crippen LogP contribution in [0.25, 0.3) is 0 Å². The molecule has 0 heterocycles. The molecule has 2 aromatic carbocycles. The first-order valence-corrected chi connectivity index (χ1v) is 10.4. The number of benzene rings is 2. The van der Waals surface area contributed by atoms with E-state index >= 15 is 0 Å². The molecule has 0 N–H and O–H groups in total. The predicted octanol–water partition coefficient (Wildman–Crippen LogP) is 3.73. The number of halogens is 2. The highest BCUT2D eigenvalue weighted by Crippen LogP contribution is 2.30. The van der Waals surface area contributed by atoms with Gasteiger partial charge in [-0.05, 0) is 30.7 Å². The lowest BCUT2D eigenvalue weighted by Gasteiger charge is -2.26. The molecule has 0 radical (unpaired) electrons. The Bertz CT molecular complexity index is 899. The average Bonchev–Trinajstić information content (AvgIpc) is 2.54. The van der Waals surface area contributed by atoms with Crippen molar-refractivity contribution in [2.45, 2.75) is 13.5 Å². The van der Waals surface area contributed by atoms with Gasteiger partial charge >= 0.3 is 0 Å². The zero-order valence-corrected chi connectivity index (χ0v) is 17.1. The molecule has 5 nitrogen and oxygen atoms in total. The van der Waals surface area contributed by atoms with Crippen molar-refractivity contribution in [2.75, 3.05) is 24.2 Å². The highest BCUT2D eigenvalue weighted by atomic mass is 35.5. The van der Waals surface area contributed by atoms with E-state index in [1.165, 1.54) is 23.1 Å². The van der Waals surface area contributed by atoms with Crippen molar-refractivity contribution in [3.05, 3.63) is 63.6 Å². The summed E-state index contributed by atoms with van der Waals surface area (Å²) in [5.41, 5.74) is 2.31. The fraction of sp³-hybridized carbons (Fsp3) is 0.278. The summed E-state index contributed by atoms with van der Waals surface area (Å²) < 4.78 is 25.4. The molecular weight excluding hydrogens is 395 g/mol. The van der Waals surface area contributed by atoms with E-state index < -0.39 is 10.0 Å². The number of rotatable bonds is 6. The van der Waals surface area contributed by atoms with E-state index in [1.807, 2.05) is 31.2 Å². The van der Waals surface area contributed by atoms with Crippen molar-refractivity contribution >= 4 is 44.8 Å². The maximum atomic E-state index is 12.6. The minimum atomic E-state index is -3.70. The Labute approximate surface area is 164 Å². The standard InChI is InChI=1S/C18H20Cl2N2O3S/c1-13-4-6-14(7-5-13)11-21(2)18(23)12-22(26(3,24)25)17-9-8-15(19)10-16(17)20/h4-10H,11-12H2,1-3H3. The summed E-state index contributed by atoms with van der Waals surface area (Å²) in [7, 11) is -2.07. The summed E-state index contributed by atoms with van der Waals surface area (Å²) in [5.74, 6) is -0.345. The van der Waals surface area contributed by atoms with Gasteiger partial charge in [-0.2, -0.15) is 0 Å². The Kier molecular flexibility index (Phi) is 6.55. The average molecular weight is 415 g/mol. The summed E-state index contributed by atoms with van der Waals surface area (Å²) in [6.07, 6.45) is 1.03. The largest absolute Gasteiger partial charge is 0.340 e. The molecular formula is C18H20Cl2N2O3S. The summed E-state index contributed by atoms with van der Waals surface area (Å²) in [5, 5.41) is 0.548. The molecule has 2 rings (SSSR count). The second-order valence-electron chi connectivity index (χ2n) is 6.10.